The molecule has 66 heavy (non-hydrogen) atoms. The third kappa shape index (κ3) is 9.42. The Morgan fingerprint density at radius 1 is 0.682 bits per heavy atom. The molecule has 358 valence electrons. The summed E-state index contributed by atoms with van der Waals surface area (Å²) in [6.07, 6.45) is -19.0. The number of phosphoric acid groups is 2. The van der Waals surface area contributed by atoms with Crippen molar-refractivity contribution in [2.45, 2.75) is 73.6 Å². The Morgan fingerprint density at radius 3 is 1.62 bits per heavy atom. The number of nitrogens with one attached hydrogen (secondary N) is 3. The first-order valence-corrected chi connectivity index (χ1v) is 22.8. The molecule has 3 aliphatic heterocycles. The molecule has 34 nitrogen and oxygen atoms in total. The normalized spacial score (nSPS) is 31.1. The zero-order chi connectivity index (χ0) is 47.6. The molecule has 8 rings (SSSR count). The predicted molar refractivity (Wildman–Crippen MR) is 209 cm³/mol. The second kappa shape index (κ2) is 18.2. The molecule has 3 fully saturated rings. The molecule has 0 radical (unpaired) electrons. The SMILES string of the molecule is Nc1nc2c(ncn2[C@@H]2O[C@H](CO[P+](=O)O)[C@@H](OP(=O)(O)OC[C@H]3O[C@@H](n4cnc5c(=O)[nH]c(N)nc54)[C@H](O)[C@@H]3OP(=O)(O)OC[C@H]3O[C@@H](n4ccc(=O)[nH]c4=O)[C@H](O)[C@@H]3O)[C@H]2O)c(=O)[nH]1. The standard InChI is InChI=1S/C29H35N12O22P3/c30-27-35-20-12(22(47)37-27)32-6-40(20)25-16(45)18(9(60-25)3-56-64(50)51)62-66(54,55)58-5-10-19(17(46)26(61-10)41-7-33-13-21(41)36-28(31)38-23(13)48)63-65(52,53)57-4-8-14(43)15(44)24(59-8)39-2-1-11(42)34-29(39)49/h1-2,6-10,14-19,24-26,43-46H,3-5H2,(H9-,30,31,34,35,36,37,38,42,47,48,49,50,51,52,53,54,55)/p+1/t8-,9-,10-,14-,15-,16-,17-,18-,19-,24-,25-,26-/m1/s1. The average Bonchev–Trinajstić information content (AvgIpc) is 4.04. The number of nitrogen functional groups attached to an aromatic ring is 2. The van der Waals surface area contributed by atoms with Crippen LogP contribution in [-0.4, -0.2) is 158 Å². The molecule has 3 saturated heterocycles. The maximum absolute atomic E-state index is 13.6. The lowest BCUT2D eigenvalue weighted by Crippen LogP contribution is -2.38. The lowest BCUT2D eigenvalue weighted by atomic mass is 10.1. The van der Waals surface area contributed by atoms with Crippen LogP contribution in [0.2, 0.25) is 0 Å². The van der Waals surface area contributed by atoms with E-state index in [0.717, 1.165) is 38.6 Å². The third-order valence-electron chi connectivity index (χ3n) is 10.2. The van der Waals surface area contributed by atoms with Crippen molar-refractivity contribution in [1.29, 1.82) is 0 Å². The smallest absolute Gasteiger partial charge is 0.387 e. The van der Waals surface area contributed by atoms with Crippen LogP contribution in [0.15, 0.2) is 44.1 Å². The fourth-order valence-corrected chi connectivity index (χ4v) is 9.45. The zero-order valence-corrected chi connectivity index (χ0v) is 35.4. The summed E-state index contributed by atoms with van der Waals surface area (Å²) in [4.78, 5) is 102. The van der Waals surface area contributed by atoms with Gasteiger partial charge in [0.15, 0.2) is 41.0 Å². The minimum absolute atomic E-state index is 0.218. The Labute approximate surface area is 363 Å². The molecule has 5 aromatic rings. The van der Waals surface area contributed by atoms with E-state index in [9.17, 15) is 68.0 Å². The van der Waals surface area contributed by atoms with Gasteiger partial charge in [-0.1, -0.05) is 0 Å². The van der Waals surface area contributed by atoms with Gasteiger partial charge in [-0.15, -0.1) is 9.42 Å². The summed E-state index contributed by atoms with van der Waals surface area (Å²) in [5.74, 6) is -0.763. The van der Waals surface area contributed by atoms with Gasteiger partial charge in [-0.25, -0.2) is 23.9 Å². The van der Waals surface area contributed by atoms with E-state index in [1.54, 1.807) is 0 Å². The molecule has 0 spiro atoms. The number of hydrogen-bond acceptors (Lipinski definition) is 25. The fraction of sp³-hybridized carbons (Fsp3) is 0.517. The number of nitrogens with zero attached hydrogens (tertiary/aromatic N) is 7. The molecule has 3 unspecified atom stereocenters. The van der Waals surface area contributed by atoms with Gasteiger partial charge in [0.05, 0.1) is 25.9 Å². The Kier molecular flexibility index (Phi) is 13.1. The highest BCUT2D eigenvalue weighted by molar-refractivity contribution is 7.47. The van der Waals surface area contributed by atoms with Crippen LogP contribution in [0.25, 0.3) is 22.3 Å². The van der Waals surface area contributed by atoms with Crippen molar-refractivity contribution in [3.8, 4) is 0 Å². The number of hydrogen-bond donors (Lipinski definition) is 12. The van der Waals surface area contributed by atoms with E-state index >= 15 is 0 Å². The van der Waals surface area contributed by atoms with Crippen molar-refractivity contribution in [3.63, 3.8) is 0 Å². The van der Waals surface area contributed by atoms with E-state index in [2.05, 4.69) is 29.9 Å². The van der Waals surface area contributed by atoms with E-state index < -0.39 is 146 Å². The second-order valence-electron chi connectivity index (χ2n) is 14.4. The van der Waals surface area contributed by atoms with E-state index in [1.165, 1.54) is 0 Å². The van der Waals surface area contributed by atoms with Gasteiger partial charge < -0.3 is 55.9 Å². The van der Waals surface area contributed by atoms with Crippen LogP contribution in [0.1, 0.15) is 18.7 Å². The van der Waals surface area contributed by atoms with Crippen LogP contribution >= 0.6 is 23.9 Å². The lowest BCUT2D eigenvalue weighted by molar-refractivity contribution is -0.0628. The summed E-state index contributed by atoms with van der Waals surface area (Å²) >= 11 is 0. The van der Waals surface area contributed by atoms with Crippen LogP contribution in [0.5, 0.6) is 0 Å². The van der Waals surface area contributed by atoms with E-state index in [-0.39, 0.29) is 28.3 Å². The number of ether oxygens (including phenoxy) is 3. The van der Waals surface area contributed by atoms with Crippen molar-refractivity contribution < 1.29 is 85.6 Å². The molecule has 14 N–H and O–H groups in total. The molecular weight excluding hydrogens is 961 g/mol. The van der Waals surface area contributed by atoms with Gasteiger partial charge >= 0.3 is 29.6 Å². The summed E-state index contributed by atoms with van der Waals surface area (Å²) in [6, 6.07) is 0.922. The molecule has 37 heteroatoms. The summed E-state index contributed by atoms with van der Waals surface area (Å²) in [5.41, 5.74) is 6.88. The first kappa shape index (κ1) is 47.4. The lowest BCUT2D eigenvalue weighted by Gasteiger charge is -2.25. The number of aromatic amines is 3. The van der Waals surface area contributed by atoms with E-state index in [0.29, 0.717) is 0 Å². The number of imidazole rings is 2. The largest absolute Gasteiger partial charge is 0.694 e. The van der Waals surface area contributed by atoms with Gasteiger partial charge in [-0.2, -0.15) is 9.97 Å². The summed E-state index contributed by atoms with van der Waals surface area (Å²) in [6.45, 7) is -3.04. The number of aliphatic hydroxyl groups is 4. The zero-order valence-electron chi connectivity index (χ0n) is 32.7. The topological polar surface area (TPSA) is 501 Å². The predicted octanol–water partition coefficient (Wildman–Crippen LogP) is -5.23. The van der Waals surface area contributed by atoms with Gasteiger partial charge in [-0.3, -0.25) is 61.1 Å². The molecule has 0 bridgehead atoms. The van der Waals surface area contributed by atoms with Crippen LogP contribution in [0.4, 0.5) is 11.9 Å². The molecule has 8 heterocycles. The average molecular weight is 998 g/mol. The minimum atomic E-state index is -5.52. The van der Waals surface area contributed by atoms with Crippen molar-refractivity contribution >= 4 is 58.1 Å². The Bertz CT molecular complexity index is 3000. The van der Waals surface area contributed by atoms with E-state index in [1.807, 2.05) is 4.98 Å². The van der Waals surface area contributed by atoms with Gasteiger partial charge in [0, 0.05) is 16.8 Å². The van der Waals surface area contributed by atoms with Gasteiger partial charge in [0.1, 0.15) is 61.5 Å². The monoisotopic (exact) mass is 997 g/mol. The van der Waals surface area contributed by atoms with Crippen LogP contribution < -0.4 is 33.8 Å². The van der Waals surface area contributed by atoms with Gasteiger partial charge in [-0.05, 0) is 0 Å². The number of phosphoric ester groups is 2. The summed E-state index contributed by atoms with van der Waals surface area (Å²) in [7, 11) is -14.3. The minimum Gasteiger partial charge on any atom is -0.387 e. The molecule has 0 amide bonds. The number of rotatable bonds is 16. The van der Waals surface area contributed by atoms with Crippen molar-refractivity contribution in [1.82, 2.24) is 48.6 Å². The highest BCUT2D eigenvalue weighted by Gasteiger charge is 2.53. The summed E-state index contributed by atoms with van der Waals surface area (Å²) < 4.78 is 83.7. The first-order chi connectivity index (χ1) is 31.1. The Morgan fingerprint density at radius 2 is 1.14 bits per heavy atom. The molecule has 5 aromatic heterocycles. The number of nitrogens with two attached hydrogens (primary N) is 2. The molecule has 3 aliphatic rings. The van der Waals surface area contributed by atoms with Crippen LogP contribution in [0.3, 0.4) is 0 Å². The first-order valence-electron chi connectivity index (χ1n) is 18.7. The van der Waals surface area contributed by atoms with Gasteiger partial charge in [0.2, 0.25) is 11.9 Å². The maximum Gasteiger partial charge on any atom is 0.694 e. The second-order valence-corrected chi connectivity index (χ2v) is 18.0. The molecule has 0 aliphatic carbocycles. The highest BCUT2D eigenvalue weighted by atomic mass is 31.2. The Balaban J connectivity index is 1.01. The highest BCUT2D eigenvalue weighted by Crippen LogP contribution is 2.52. The number of aliphatic hydroxyl groups excluding tert-OH is 4. The number of H-pyrrole nitrogens is 3. The van der Waals surface area contributed by atoms with Crippen molar-refractivity contribution in [2.24, 2.45) is 0 Å². The number of fused-ring (bicyclic) bond motifs is 2. The molecule has 0 saturated carbocycles. The molecule has 0 aromatic carbocycles. The van der Waals surface area contributed by atoms with Crippen molar-refractivity contribution in [3.05, 3.63) is 66.5 Å². The molecular formula is C29H36N12O22P3+. The van der Waals surface area contributed by atoms with Crippen molar-refractivity contribution in [2.75, 3.05) is 31.3 Å². The number of aromatic nitrogens is 10. The van der Waals surface area contributed by atoms with Gasteiger partial charge in [0.25, 0.3) is 16.7 Å². The Hall–Kier alpha value is -5.06. The van der Waals surface area contributed by atoms with Crippen LogP contribution in [0, 0.1) is 0 Å². The number of anilines is 2. The third-order valence-corrected chi connectivity index (χ3v) is 12.5. The van der Waals surface area contributed by atoms with E-state index in [4.69, 9.17) is 48.3 Å². The molecule has 15 atom stereocenters. The fourth-order valence-electron chi connectivity index (χ4n) is 7.25. The summed E-state index contributed by atoms with van der Waals surface area (Å²) in [5, 5.41) is 44.0. The quantitative estimate of drug-likeness (QED) is 0.0411. The maximum atomic E-state index is 13.6. The van der Waals surface area contributed by atoms with Crippen LogP contribution in [-0.2, 0) is 50.5 Å².